The van der Waals surface area contributed by atoms with E-state index in [0.29, 0.717) is 11.8 Å². The number of nitrogens with one attached hydrogen (secondary N) is 1. The molecule has 5 rings (SSSR count). The van der Waals surface area contributed by atoms with Crippen molar-refractivity contribution < 1.29 is 4.79 Å². The van der Waals surface area contributed by atoms with Gasteiger partial charge in [0.05, 0.1) is 12.6 Å². The Morgan fingerprint density at radius 2 is 1.77 bits per heavy atom. The summed E-state index contributed by atoms with van der Waals surface area (Å²) in [6.07, 6.45) is 4.07. The number of piperidine rings is 1. The van der Waals surface area contributed by atoms with E-state index in [9.17, 15) is 4.79 Å². The molecule has 0 bridgehead atoms. The van der Waals surface area contributed by atoms with Gasteiger partial charge in [-0.25, -0.2) is 0 Å². The molecule has 0 saturated carbocycles. The second-order valence-electron chi connectivity index (χ2n) is 8.52. The lowest BCUT2D eigenvalue weighted by atomic mass is 9.95. The van der Waals surface area contributed by atoms with Crippen molar-refractivity contribution >= 4 is 30.7 Å². The number of aromatic nitrogens is 3. The molecule has 1 aromatic carbocycles. The largest absolute Gasteiger partial charge is 0.341 e. The van der Waals surface area contributed by atoms with Crippen molar-refractivity contribution in [3.05, 3.63) is 47.5 Å². The van der Waals surface area contributed by atoms with E-state index in [1.54, 1.807) is 0 Å². The number of hydrogen-bond acceptors (Lipinski definition) is 5. The quantitative estimate of drug-likeness (QED) is 0.749. The Kier molecular flexibility index (Phi) is 8.33. The lowest BCUT2D eigenvalue weighted by Crippen LogP contribution is -2.48. The summed E-state index contributed by atoms with van der Waals surface area (Å²) in [4.78, 5) is 17.7. The average molecular weight is 467 g/mol. The monoisotopic (exact) mass is 466 g/mol. The first-order valence-electron chi connectivity index (χ1n) is 11.0. The van der Waals surface area contributed by atoms with E-state index in [1.807, 2.05) is 6.07 Å². The molecule has 0 spiro atoms. The summed E-state index contributed by atoms with van der Waals surface area (Å²) in [7, 11) is 0. The molecule has 31 heavy (non-hydrogen) atoms. The van der Waals surface area contributed by atoms with Crippen molar-refractivity contribution in [2.45, 2.75) is 57.3 Å². The highest BCUT2D eigenvalue weighted by Crippen LogP contribution is 2.30. The lowest BCUT2D eigenvalue weighted by molar-refractivity contribution is -0.137. The summed E-state index contributed by atoms with van der Waals surface area (Å²) < 4.78 is 2.29. The van der Waals surface area contributed by atoms with Crippen LogP contribution in [0.1, 0.15) is 48.8 Å². The van der Waals surface area contributed by atoms with Gasteiger partial charge in [0.25, 0.3) is 0 Å². The molecule has 0 radical (unpaired) electrons. The second kappa shape index (κ2) is 10.8. The van der Waals surface area contributed by atoms with Gasteiger partial charge in [-0.2, -0.15) is 0 Å². The molecule has 0 aliphatic carbocycles. The third kappa shape index (κ3) is 5.06. The van der Waals surface area contributed by atoms with E-state index < -0.39 is 0 Å². The molecule has 1 amide bonds. The third-order valence-electron chi connectivity index (χ3n) is 6.70. The zero-order valence-electron chi connectivity index (χ0n) is 17.8. The Bertz CT molecular complexity index is 853. The molecule has 3 aliphatic heterocycles. The lowest BCUT2D eigenvalue weighted by Gasteiger charge is -2.35. The number of carbonyl (C=O) groups excluding carboxylic acids is 1. The topological polar surface area (TPSA) is 66.3 Å². The van der Waals surface area contributed by atoms with Crippen LogP contribution in [0.3, 0.4) is 0 Å². The van der Waals surface area contributed by atoms with Crippen LogP contribution in [0.2, 0.25) is 0 Å². The molecule has 3 aliphatic rings. The molecule has 9 heteroatoms. The van der Waals surface area contributed by atoms with E-state index in [2.05, 4.69) is 54.1 Å². The van der Waals surface area contributed by atoms with Gasteiger partial charge in [-0.1, -0.05) is 30.3 Å². The number of benzene rings is 1. The molecule has 1 unspecified atom stereocenters. The summed E-state index contributed by atoms with van der Waals surface area (Å²) in [5.74, 6) is 2.92. The summed E-state index contributed by atoms with van der Waals surface area (Å²) >= 11 is 0. The standard InChI is InChI=1S/C22H30N6O.2ClH/c29-22(19-7-4-11-27(19)16-17-5-2-1-3-6-17)26-12-8-18(9-13-26)21-25-24-20-15-23-10-14-28(20)21;;/h1-3,5-6,18-19,23H,4,7-16H2;2*1H. The molecule has 2 saturated heterocycles. The minimum Gasteiger partial charge on any atom is -0.341 e. The normalized spacial score (nSPS) is 21.8. The number of halogens is 2. The fraction of sp³-hybridized carbons (Fsp3) is 0.591. The van der Waals surface area contributed by atoms with E-state index in [0.717, 1.165) is 83.1 Å². The zero-order valence-corrected chi connectivity index (χ0v) is 19.4. The number of rotatable bonds is 4. The van der Waals surface area contributed by atoms with Crippen LogP contribution >= 0.6 is 24.8 Å². The summed E-state index contributed by atoms with van der Waals surface area (Å²) in [5, 5.41) is 12.2. The maximum absolute atomic E-state index is 13.3. The van der Waals surface area contributed by atoms with Crippen molar-refractivity contribution in [1.82, 2.24) is 29.9 Å². The van der Waals surface area contributed by atoms with Gasteiger partial charge in [-0.05, 0) is 37.8 Å². The fourth-order valence-corrected chi connectivity index (χ4v) is 5.10. The van der Waals surface area contributed by atoms with Crippen LogP contribution in [0.4, 0.5) is 0 Å². The van der Waals surface area contributed by atoms with Gasteiger partial charge in [0.1, 0.15) is 11.6 Å². The molecule has 2 aromatic rings. The third-order valence-corrected chi connectivity index (χ3v) is 6.70. The van der Waals surface area contributed by atoms with Gasteiger partial charge in [0, 0.05) is 38.6 Å². The van der Waals surface area contributed by atoms with Gasteiger partial charge >= 0.3 is 0 Å². The van der Waals surface area contributed by atoms with E-state index in [1.165, 1.54) is 5.56 Å². The van der Waals surface area contributed by atoms with Crippen molar-refractivity contribution in [2.75, 3.05) is 26.2 Å². The zero-order chi connectivity index (χ0) is 19.6. The molecule has 2 fully saturated rings. The summed E-state index contributed by atoms with van der Waals surface area (Å²) in [6, 6.07) is 10.5. The second-order valence-corrected chi connectivity index (χ2v) is 8.52. The molecule has 7 nitrogen and oxygen atoms in total. The number of amides is 1. The Morgan fingerprint density at radius 3 is 2.55 bits per heavy atom. The highest BCUT2D eigenvalue weighted by Gasteiger charge is 2.36. The van der Waals surface area contributed by atoms with Gasteiger partial charge in [0.15, 0.2) is 0 Å². The number of hydrogen-bond donors (Lipinski definition) is 1. The molecule has 1 atom stereocenters. The van der Waals surface area contributed by atoms with E-state index in [4.69, 9.17) is 0 Å². The van der Waals surface area contributed by atoms with Crippen molar-refractivity contribution in [2.24, 2.45) is 0 Å². The number of likely N-dealkylation sites (tertiary alicyclic amines) is 2. The van der Waals surface area contributed by atoms with Crippen LogP contribution in [0, 0.1) is 0 Å². The van der Waals surface area contributed by atoms with Gasteiger partial charge in [-0.3, -0.25) is 9.69 Å². The first kappa shape index (κ1) is 24.0. The van der Waals surface area contributed by atoms with E-state index in [-0.39, 0.29) is 30.9 Å². The first-order valence-corrected chi connectivity index (χ1v) is 11.0. The van der Waals surface area contributed by atoms with E-state index >= 15 is 0 Å². The smallest absolute Gasteiger partial charge is 0.239 e. The Hall–Kier alpha value is -1.67. The number of nitrogens with zero attached hydrogens (tertiary/aromatic N) is 5. The van der Waals surface area contributed by atoms with Gasteiger partial charge < -0.3 is 14.8 Å². The van der Waals surface area contributed by atoms with Crippen LogP contribution in [-0.4, -0.2) is 62.7 Å². The minimum absolute atomic E-state index is 0. The maximum Gasteiger partial charge on any atom is 0.239 e. The van der Waals surface area contributed by atoms with Crippen LogP contribution in [0.25, 0.3) is 0 Å². The van der Waals surface area contributed by atoms with Crippen molar-refractivity contribution in [3.8, 4) is 0 Å². The first-order chi connectivity index (χ1) is 14.3. The van der Waals surface area contributed by atoms with Crippen LogP contribution in [0.5, 0.6) is 0 Å². The number of fused-ring (bicyclic) bond motifs is 1. The summed E-state index contributed by atoms with van der Waals surface area (Å²) in [5.41, 5.74) is 1.29. The van der Waals surface area contributed by atoms with Gasteiger partial charge in [0.2, 0.25) is 5.91 Å². The molecule has 1 N–H and O–H groups in total. The molecule has 1 aromatic heterocycles. The predicted molar refractivity (Wildman–Crippen MR) is 125 cm³/mol. The Labute approximate surface area is 196 Å². The Balaban J connectivity index is 0.00000136. The SMILES string of the molecule is Cl.Cl.O=C(C1CCCN1Cc1ccccc1)N1CCC(c2nnc3n2CCNC3)CC1. The highest BCUT2D eigenvalue weighted by atomic mass is 35.5. The molecular formula is C22H32Cl2N6O. The minimum atomic E-state index is 0. The fourth-order valence-electron chi connectivity index (χ4n) is 5.10. The van der Waals surface area contributed by atoms with Gasteiger partial charge in [-0.15, -0.1) is 35.0 Å². The summed E-state index contributed by atoms with van der Waals surface area (Å²) in [6.45, 7) is 6.29. The number of carbonyl (C=O) groups is 1. The van der Waals surface area contributed by atoms with Crippen LogP contribution in [-0.2, 0) is 24.4 Å². The van der Waals surface area contributed by atoms with Crippen molar-refractivity contribution in [1.29, 1.82) is 0 Å². The Morgan fingerprint density at radius 1 is 1.00 bits per heavy atom. The highest BCUT2D eigenvalue weighted by molar-refractivity contribution is 5.85. The van der Waals surface area contributed by atoms with Crippen LogP contribution in [0.15, 0.2) is 30.3 Å². The molecule has 170 valence electrons. The predicted octanol–water partition coefficient (Wildman–Crippen LogP) is 2.60. The molecule has 4 heterocycles. The molecular weight excluding hydrogens is 435 g/mol. The van der Waals surface area contributed by atoms with Crippen LogP contribution < -0.4 is 5.32 Å². The van der Waals surface area contributed by atoms with Crippen molar-refractivity contribution in [3.63, 3.8) is 0 Å². The maximum atomic E-state index is 13.3. The average Bonchev–Trinajstić information content (AvgIpc) is 3.41.